The Bertz CT molecular complexity index is 898. The minimum absolute atomic E-state index is 0.0773. The van der Waals surface area contributed by atoms with E-state index in [-0.39, 0.29) is 29.7 Å². The number of alkyl carbamates (subject to hydrolysis) is 1. The molecule has 5 unspecified atom stereocenters. The molecule has 0 bridgehead atoms. The summed E-state index contributed by atoms with van der Waals surface area (Å²) < 4.78 is 5.46. The fourth-order valence-corrected chi connectivity index (χ4v) is 4.08. The normalized spacial score (nSPS) is 20.3. The van der Waals surface area contributed by atoms with Gasteiger partial charge in [-0.25, -0.2) is 4.79 Å². The molecule has 0 radical (unpaired) electrons. The second-order valence-corrected chi connectivity index (χ2v) is 12.1. The summed E-state index contributed by atoms with van der Waals surface area (Å²) in [4.78, 5) is 42.3. The lowest BCUT2D eigenvalue weighted by Crippen LogP contribution is -2.57. The minimum Gasteiger partial charge on any atom is -0.444 e. The van der Waals surface area contributed by atoms with E-state index in [4.69, 9.17) is 4.74 Å². The lowest BCUT2D eigenvalue weighted by atomic mass is 9.95. The Morgan fingerprint density at radius 2 is 1.63 bits per heavy atom. The second kappa shape index (κ2) is 11.0. The van der Waals surface area contributed by atoms with Gasteiger partial charge in [-0.2, -0.15) is 0 Å². The first kappa shape index (κ1) is 28.7. The first-order chi connectivity index (χ1) is 16.0. The number of carbonyl (C=O) groups is 3. The van der Waals surface area contributed by atoms with Crippen molar-refractivity contribution in [3.63, 3.8) is 0 Å². The maximum atomic E-state index is 14.2. The molecule has 1 aromatic rings. The first-order valence-corrected chi connectivity index (χ1v) is 12.7. The van der Waals surface area contributed by atoms with Gasteiger partial charge >= 0.3 is 6.09 Å². The van der Waals surface area contributed by atoms with Crippen molar-refractivity contribution < 1.29 is 19.1 Å². The summed E-state index contributed by atoms with van der Waals surface area (Å²) >= 11 is 0. The zero-order valence-corrected chi connectivity index (χ0v) is 23.2. The zero-order valence-electron chi connectivity index (χ0n) is 23.2. The van der Waals surface area contributed by atoms with Crippen LogP contribution in [0.2, 0.25) is 0 Å². The Labute approximate surface area is 211 Å². The second-order valence-electron chi connectivity index (χ2n) is 12.1. The van der Waals surface area contributed by atoms with Crippen molar-refractivity contribution in [2.45, 2.75) is 111 Å². The monoisotopic (exact) mass is 487 g/mol. The highest BCUT2D eigenvalue weighted by molar-refractivity contribution is 5.93. The third-order valence-electron chi connectivity index (χ3n) is 6.25. The molecule has 7 nitrogen and oxygen atoms in total. The van der Waals surface area contributed by atoms with E-state index in [1.165, 1.54) is 0 Å². The van der Waals surface area contributed by atoms with Crippen LogP contribution in [0.1, 0.15) is 92.3 Å². The summed E-state index contributed by atoms with van der Waals surface area (Å²) in [5.74, 6) is -0.354. The van der Waals surface area contributed by atoms with Crippen molar-refractivity contribution in [2.24, 2.45) is 11.8 Å². The maximum Gasteiger partial charge on any atom is 0.408 e. The van der Waals surface area contributed by atoms with E-state index in [9.17, 15) is 14.4 Å². The highest BCUT2D eigenvalue weighted by atomic mass is 16.6. The lowest BCUT2D eigenvalue weighted by Gasteiger charge is -2.37. The largest absolute Gasteiger partial charge is 0.444 e. The van der Waals surface area contributed by atoms with E-state index in [1.807, 2.05) is 65.8 Å². The Kier molecular flexibility index (Phi) is 9.01. The van der Waals surface area contributed by atoms with Crippen molar-refractivity contribution in [2.75, 3.05) is 0 Å². The van der Waals surface area contributed by atoms with Gasteiger partial charge in [0, 0.05) is 11.6 Å². The van der Waals surface area contributed by atoms with Crippen molar-refractivity contribution in [3.8, 4) is 0 Å². The fraction of sp³-hybridized carbons (Fsp3) is 0.679. The standard InChI is InChI=1S/C28H45N3O4/c1-11-18(3)22(29-26(34)35-28(8,9)10)25(33)31(21-16-19(21)4)23(24(32)30-27(5,6)7)20-14-12-17(2)13-15-20/h12-15,18-19,21-23H,11,16H2,1-10H3,(H,29,34)(H,30,32). The molecule has 0 aromatic heterocycles. The molecule has 7 heteroatoms. The average Bonchev–Trinajstić information content (AvgIpc) is 3.43. The number of nitrogens with zero attached hydrogens (tertiary/aromatic N) is 1. The summed E-state index contributed by atoms with van der Waals surface area (Å²) in [5, 5.41) is 5.89. The van der Waals surface area contributed by atoms with Crippen molar-refractivity contribution >= 4 is 17.9 Å². The van der Waals surface area contributed by atoms with E-state index in [0.29, 0.717) is 6.42 Å². The van der Waals surface area contributed by atoms with Crippen LogP contribution in [-0.2, 0) is 14.3 Å². The molecule has 1 saturated carbocycles. The van der Waals surface area contributed by atoms with Crippen molar-refractivity contribution in [1.29, 1.82) is 0 Å². The number of hydrogen-bond acceptors (Lipinski definition) is 4. The van der Waals surface area contributed by atoms with Crippen LogP contribution in [0.4, 0.5) is 4.79 Å². The number of carbonyl (C=O) groups excluding carboxylic acids is 3. The molecule has 0 aliphatic heterocycles. The van der Waals surface area contributed by atoms with Crippen LogP contribution in [-0.4, -0.2) is 46.0 Å². The highest BCUT2D eigenvalue weighted by Gasteiger charge is 2.49. The molecule has 196 valence electrons. The molecule has 2 N–H and O–H groups in total. The highest BCUT2D eigenvalue weighted by Crippen LogP contribution is 2.41. The van der Waals surface area contributed by atoms with Crippen LogP contribution in [0.25, 0.3) is 0 Å². The maximum absolute atomic E-state index is 14.2. The zero-order chi connectivity index (χ0) is 26.7. The van der Waals surface area contributed by atoms with Gasteiger partial charge in [-0.3, -0.25) is 9.59 Å². The number of benzene rings is 1. The van der Waals surface area contributed by atoms with Gasteiger partial charge in [-0.05, 0) is 72.3 Å². The predicted octanol–water partition coefficient (Wildman–Crippen LogP) is 5.13. The van der Waals surface area contributed by atoms with Crippen LogP contribution in [0, 0.1) is 18.8 Å². The van der Waals surface area contributed by atoms with Gasteiger partial charge < -0.3 is 20.3 Å². The third kappa shape index (κ3) is 8.25. The van der Waals surface area contributed by atoms with Crippen LogP contribution in [0.5, 0.6) is 0 Å². The summed E-state index contributed by atoms with van der Waals surface area (Å²) in [6.45, 7) is 19.1. The molecule has 1 aliphatic rings. The number of amides is 3. The fourth-order valence-electron chi connectivity index (χ4n) is 4.08. The summed E-state index contributed by atoms with van der Waals surface area (Å²) in [5.41, 5.74) is 0.680. The Morgan fingerprint density at radius 3 is 2.06 bits per heavy atom. The average molecular weight is 488 g/mol. The molecule has 1 aromatic carbocycles. The molecule has 35 heavy (non-hydrogen) atoms. The van der Waals surface area contributed by atoms with Crippen molar-refractivity contribution in [1.82, 2.24) is 15.5 Å². The van der Waals surface area contributed by atoms with Crippen molar-refractivity contribution in [3.05, 3.63) is 35.4 Å². The smallest absolute Gasteiger partial charge is 0.408 e. The van der Waals surface area contributed by atoms with Gasteiger partial charge in [-0.15, -0.1) is 0 Å². The van der Waals surface area contributed by atoms with E-state index in [1.54, 1.807) is 25.7 Å². The summed E-state index contributed by atoms with van der Waals surface area (Å²) in [6, 6.07) is 6.05. The minimum atomic E-state index is -0.807. The van der Waals surface area contributed by atoms with E-state index >= 15 is 0 Å². The summed E-state index contributed by atoms with van der Waals surface area (Å²) in [7, 11) is 0. The van der Waals surface area contributed by atoms with Gasteiger partial charge in [0.1, 0.15) is 17.7 Å². The number of ether oxygens (including phenoxy) is 1. The Hall–Kier alpha value is -2.57. The van der Waals surface area contributed by atoms with Gasteiger partial charge in [0.2, 0.25) is 11.8 Å². The SMILES string of the molecule is CCC(C)C(NC(=O)OC(C)(C)C)C(=O)N(C(C(=O)NC(C)(C)C)c1ccc(C)cc1)C1CC1C. The summed E-state index contributed by atoms with van der Waals surface area (Å²) in [6.07, 6.45) is 0.867. The van der Waals surface area contributed by atoms with Gasteiger partial charge in [-0.1, -0.05) is 57.0 Å². The lowest BCUT2D eigenvalue weighted by molar-refractivity contribution is -0.145. The van der Waals surface area contributed by atoms with E-state index in [0.717, 1.165) is 17.5 Å². The van der Waals surface area contributed by atoms with Crippen LogP contribution in [0.3, 0.4) is 0 Å². The Morgan fingerprint density at radius 1 is 1.09 bits per heavy atom. The van der Waals surface area contributed by atoms with E-state index in [2.05, 4.69) is 17.6 Å². The van der Waals surface area contributed by atoms with Crippen LogP contribution >= 0.6 is 0 Å². The molecular formula is C28H45N3O4. The number of aryl methyl sites for hydroxylation is 1. The molecule has 2 rings (SSSR count). The topological polar surface area (TPSA) is 87.7 Å². The predicted molar refractivity (Wildman–Crippen MR) is 139 cm³/mol. The molecule has 3 amide bonds. The molecule has 5 atom stereocenters. The molecule has 1 fully saturated rings. The molecule has 0 heterocycles. The van der Waals surface area contributed by atoms with Crippen LogP contribution in [0.15, 0.2) is 24.3 Å². The molecule has 0 spiro atoms. The Balaban J connectivity index is 2.52. The number of hydrogen-bond donors (Lipinski definition) is 2. The molecule has 0 saturated heterocycles. The third-order valence-corrected chi connectivity index (χ3v) is 6.25. The quantitative estimate of drug-likeness (QED) is 0.532. The number of nitrogens with one attached hydrogen (secondary N) is 2. The van der Waals surface area contributed by atoms with Gasteiger partial charge in [0.15, 0.2) is 0 Å². The van der Waals surface area contributed by atoms with Gasteiger partial charge in [0.05, 0.1) is 0 Å². The molecule has 1 aliphatic carbocycles. The number of rotatable bonds is 8. The van der Waals surface area contributed by atoms with Gasteiger partial charge in [0.25, 0.3) is 0 Å². The van der Waals surface area contributed by atoms with E-state index < -0.39 is 29.3 Å². The van der Waals surface area contributed by atoms with Crippen LogP contribution < -0.4 is 10.6 Å². The first-order valence-electron chi connectivity index (χ1n) is 12.7. The molecular weight excluding hydrogens is 442 g/mol.